The summed E-state index contributed by atoms with van der Waals surface area (Å²) in [6, 6.07) is 8.57. The molecule has 2 aromatic rings. The Balaban J connectivity index is 1.39. The van der Waals surface area contributed by atoms with Crippen molar-refractivity contribution in [2.75, 3.05) is 19.6 Å². The van der Waals surface area contributed by atoms with Crippen molar-refractivity contribution in [2.24, 2.45) is 0 Å². The molecule has 3 rings (SSSR count). The molecule has 3 amide bonds. The molecule has 1 aromatic carbocycles. The summed E-state index contributed by atoms with van der Waals surface area (Å²) in [5.41, 5.74) is 4.42. The highest BCUT2D eigenvalue weighted by Crippen LogP contribution is 2.13. The molecule has 3 N–H and O–H groups in total. The van der Waals surface area contributed by atoms with E-state index in [0.717, 1.165) is 6.07 Å². The van der Waals surface area contributed by atoms with Gasteiger partial charge in [-0.1, -0.05) is 6.07 Å². The van der Waals surface area contributed by atoms with E-state index in [2.05, 4.69) is 16.2 Å². The Morgan fingerprint density at radius 3 is 2.52 bits per heavy atom. The van der Waals surface area contributed by atoms with Crippen LogP contribution >= 0.6 is 0 Å². The third kappa shape index (κ3) is 6.12. The molecule has 1 aliphatic rings. The summed E-state index contributed by atoms with van der Waals surface area (Å²) in [7, 11) is 0. The lowest BCUT2D eigenvalue weighted by Crippen LogP contribution is -2.50. The van der Waals surface area contributed by atoms with Crippen molar-refractivity contribution < 1.29 is 23.7 Å². The van der Waals surface area contributed by atoms with E-state index in [0.29, 0.717) is 31.7 Å². The van der Waals surface area contributed by atoms with Gasteiger partial charge < -0.3 is 9.73 Å². The fourth-order valence-corrected chi connectivity index (χ4v) is 3.25. The topological polar surface area (TPSA) is 147 Å². The maximum absolute atomic E-state index is 12.1. The molecule has 0 saturated carbocycles. The standard InChI is InChI=1S/C20H23N5O6/c1-13-5-6-17(31-13)20(28)21-15-7-9-24(10-8-15)12-18(26)22-23-19(27)14-3-2-4-16(11-14)25(29)30/h2-6,11,15H,7-10,12H2,1H3,(H,21,28)(H,22,26)(H,23,27). The van der Waals surface area contributed by atoms with Gasteiger partial charge in [0.2, 0.25) is 0 Å². The molecule has 164 valence electrons. The highest BCUT2D eigenvalue weighted by atomic mass is 16.6. The molecule has 0 bridgehead atoms. The number of hydrogen-bond acceptors (Lipinski definition) is 7. The number of nitrogens with zero attached hydrogens (tertiary/aromatic N) is 2. The fraction of sp³-hybridized carbons (Fsp3) is 0.350. The van der Waals surface area contributed by atoms with E-state index >= 15 is 0 Å². The molecule has 1 aromatic heterocycles. The molecule has 0 unspecified atom stereocenters. The largest absolute Gasteiger partial charge is 0.456 e. The van der Waals surface area contributed by atoms with Crippen LogP contribution in [0.1, 0.15) is 39.5 Å². The number of carbonyl (C=O) groups excluding carboxylic acids is 3. The predicted molar refractivity (Wildman–Crippen MR) is 109 cm³/mol. The number of benzene rings is 1. The van der Waals surface area contributed by atoms with Crippen molar-refractivity contribution >= 4 is 23.4 Å². The molecule has 0 atom stereocenters. The second kappa shape index (κ2) is 9.85. The fourth-order valence-electron chi connectivity index (χ4n) is 3.25. The lowest BCUT2D eigenvalue weighted by molar-refractivity contribution is -0.384. The SMILES string of the molecule is Cc1ccc(C(=O)NC2CCN(CC(=O)NNC(=O)c3cccc([N+](=O)[O-])c3)CC2)o1. The Labute approximate surface area is 177 Å². The lowest BCUT2D eigenvalue weighted by Gasteiger charge is -2.31. The first-order chi connectivity index (χ1) is 14.8. The van der Waals surface area contributed by atoms with Crippen LogP contribution in [0.2, 0.25) is 0 Å². The third-order valence-corrected chi connectivity index (χ3v) is 4.89. The molecule has 1 saturated heterocycles. The zero-order valence-corrected chi connectivity index (χ0v) is 16.9. The summed E-state index contributed by atoms with van der Waals surface area (Å²) in [5, 5.41) is 13.7. The van der Waals surface area contributed by atoms with Gasteiger partial charge in [-0.05, 0) is 38.0 Å². The van der Waals surface area contributed by atoms with Gasteiger partial charge in [-0.2, -0.15) is 0 Å². The molecule has 0 aliphatic carbocycles. The summed E-state index contributed by atoms with van der Waals surface area (Å²) in [4.78, 5) is 48.4. The van der Waals surface area contributed by atoms with E-state index in [1.807, 2.05) is 4.90 Å². The number of hydrogen-bond donors (Lipinski definition) is 3. The second-order valence-corrected chi connectivity index (χ2v) is 7.24. The summed E-state index contributed by atoms with van der Waals surface area (Å²) in [5.74, 6) is -0.366. The number of piperidine rings is 1. The molecule has 11 nitrogen and oxygen atoms in total. The Bertz CT molecular complexity index is 980. The number of amides is 3. The highest BCUT2D eigenvalue weighted by molar-refractivity contribution is 5.96. The van der Waals surface area contributed by atoms with Crippen molar-refractivity contribution in [1.82, 2.24) is 21.1 Å². The van der Waals surface area contributed by atoms with Crippen LogP contribution in [0.15, 0.2) is 40.8 Å². The minimum absolute atomic E-state index is 0.00853. The highest BCUT2D eigenvalue weighted by Gasteiger charge is 2.23. The molecule has 1 fully saturated rings. The van der Waals surface area contributed by atoms with Gasteiger partial charge in [-0.3, -0.25) is 40.2 Å². The first-order valence-electron chi connectivity index (χ1n) is 9.75. The van der Waals surface area contributed by atoms with Gasteiger partial charge in [-0.15, -0.1) is 0 Å². The maximum Gasteiger partial charge on any atom is 0.287 e. The smallest absolute Gasteiger partial charge is 0.287 e. The first kappa shape index (κ1) is 22.0. The number of non-ortho nitro benzene ring substituents is 1. The second-order valence-electron chi connectivity index (χ2n) is 7.24. The molecule has 0 spiro atoms. The quantitative estimate of drug-likeness (QED) is 0.461. The number of hydrazine groups is 1. The van der Waals surface area contributed by atoms with Gasteiger partial charge in [0, 0.05) is 36.8 Å². The first-order valence-corrected chi connectivity index (χ1v) is 9.75. The summed E-state index contributed by atoms with van der Waals surface area (Å²) in [6.07, 6.45) is 1.36. The van der Waals surface area contributed by atoms with E-state index < -0.39 is 16.7 Å². The van der Waals surface area contributed by atoms with Crippen LogP contribution in [0.3, 0.4) is 0 Å². The monoisotopic (exact) mass is 429 g/mol. The number of rotatable bonds is 6. The van der Waals surface area contributed by atoms with Crippen molar-refractivity contribution in [3.05, 3.63) is 63.6 Å². The van der Waals surface area contributed by atoms with Crippen molar-refractivity contribution in [3.8, 4) is 0 Å². The van der Waals surface area contributed by atoms with Gasteiger partial charge in [0.1, 0.15) is 5.76 Å². The van der Waals surface area contributed by atoms with E-state index in [4.69, 9.17) is 4.42 Å². The summed E-state index contributed by atoms with van der Waals surface area (Å²) >= 11 is 0. The average molecular weight is 429 g/mol. The van der Waals surface area contributed by atoms with Crippen LogP contribution < -0.4 is 16.2 Å². The average Bonchev–Trinajstić information content (AvgIpc) is 3.20. The van der Waals surface area contributed by atoms with Gasteiger partial charge in [0.05, 0.1) is 11.5 Å². The van der Waals surface area contributed by atoms with Crippen LogP contribution in [0.25, 0.3) is 0 Å². The van der Waals surface area contributed by atoms with Crippen LogP contribution in [0, 0.1) is 17.0 Å². The zero-order chi connectivity index (χ0) is 22.4. The molecule has 31 heavy (non-hydrogen) atoms. The Morgan fingerprint density at radius 2 is 1.87 bits per heavy atom. The number of furan rings is 1. The van der Waals surface area contributed by atoms with Crippen molar-refractivity contribution in [2.45, 2.75) is 25.8 Å². The van der Waals surface area contributed by atoms with Gasteiger partial charge in [0.25, 0.3) is 23.4 Å². The zero-order valence-electron chi connectivity index (χ0n) is 16.9. The Morgan fingerprint density at radius 1 is 1.13 bits per heavy atom. The molecule has 2 heterocycles. The van der Waals surface area contributed by atoms with Gasteiger partial charge in [-0.25, -0.2) is 0 Å². The number of carbonyl (C=O) groups is 3. The molecular formula is C20H23N5O6. The number of aryl methyl sites for hydroxylation is 1. The minimum atomic E-state index is -0.647. The Hall–Kier alpha value is -3.73. The van der Waals surface area contributed by atoms with Gasteiger partial charge in [0.15, 0.2) is 5.76 Å². The Kier molecular flexibility index (Phi) is 6.98. The van der Waals surface area contributed by atoms with Crippen LogP contribution in [-0.4, -0.2) is 53.2 Å². The van der Waals surface area contributed by atoms with E-state index in [1.54, 1.807) is 19.1 Å². The third-order valence-electron chi connectivity index (χ3n) is 4.89. The van der Waals surface area contributed by atoms with Crippen molar-refractivity contribution in [1.29, 1.82) is 0 Å². The van der Waals surface area contributed by atoms with Crippen molar-refractivity contribution in [3.63, 3.8) is 0 Å². The summed E-state index contributed by atoms with van der Waals surface area (Å²) in [6.45, 7) is 3.06. The lowest BCUT2D eigenvalue weighted by atomic mass is 10.0. The number of nitro groups is 1. The molecule has 11 heteroatoms. The predicted octanol–water partition coefficient (Wildman–Crippen LogP) is 1.15. The van der Waals surface area contributed by atoms with Crippen LogP contribution in [-0.2, 0) is 4.79 Å². The maximum atomic E-state index is 12.1. The molecule has 0 radical (unpaired) electrons. The minimum Gasteiger partial charge on any atom is -0.456 e. The van der Waals surface area contributed by atoms with Crippen LogP contribution in [0.5, 0.6) is 0 Å². The number of likely N-dealkylation sites (tertiary alicyclic amines) is 1. The molecule has 1 aliphatic heterocycles. The summed E-state index contributed by atoms with van der Waals surface area (Å²) < 4.78 is 5.31. The van der Waals surface area contributed by atoms with E-state index in [-0.39, 0.29) is 35.5 Å². The van der Waals surface area contributed by atoms with E-state index in [9.17, 15) is 24.5 Å². The van der Waals surface area contributed by atoms with E-state index in [1.165, 1.54) is 18.2 Å². The number of nitro benzene ring substituents is 1. The normalized spacial score (nSPS) is 14.6. The van der Waals surface area contributed by atoms with Gasteiger partial charge >= 0.3 is 0 Å². The molecular weight excluding hydrogens is 406 g/mol. The van der Waals surface area contributed by atoms with Crippen LogP contribution in [0.4, 0.5) is 5.69 Å². The number of nitrogens with one attached hydrogen (secondary N) is 3.